The van der Waals surface area contributed by atoms with E-state index in [-0.39, 0.29) is 5.69 Å². The van der Waals surface area contributed by atoms with Crippen LogP contribution in [0, 0.1) is 6.92 Å². The number of H-pyrrole nitrogens is 1. The van der Waals surface area contributed by atoms with E-state index in [0.717, 1.165) is 11.1 Å². The first-order valence-electron chi connectivity index (χ1n) is 5.44. The maximum Gasteiger partial charge on any atom is 0.349 e. The predicted molar refractivity (Wildman–Crippen MR) is 66.8 cm³/mol. The Morgan fingerprint density at radius 3 is 2.78 bits per heavy atom. The Bertz CT molecular complexity index is 847. The highest BCUT2D eigenvalue weighted by molar-refractivity contribution is 5.79. The summed E-state index contributed by atoms with van der Waals surface area (Å²) in [6.45, 7) is 1.95. The van der Waals surface area contributed by atoms with E-state index in [1.807, 2.05) is 25.1 Å². The normalized spacial score (nSPS) is 11.2. The minimum Gasteiger partial charge on any atom is -0.325 e. The molecular weight excluding hydrogens is 232 g/mol. The third-order valence-electron chi connectivity index (χ3n) is 2.90. The average molecular weight is 242 g/mol. The summed E-state index contributed by atoms with van der Waals surface area (Å²) < 4.78 is 1.70. The highest BCUT2D eigenvalue weighted by Crippen LogP contribution is 2.19. The van der Waals surface area contributed by atoms with Crippen molar-refractivity contribution in [2.75, 3.05) is 0 Å². The monoisotopic (exact) mass is 242 g/mol. The lowest BCUT2D eigenvalue weighted by Crippen LogP contribution is -2.28. The van der Waals surface area contributed by atoms with E-state index in [1.165, 1.54) is 0 Å². The molecule has 18 heavy (non-hydrogen) atoms. The number of nitrogens with one attached hydrogen (secondary N) is 1. The molecule has 6 nitrogen and oxygen atoms in total. The molecule has 1 N–H and O–H groups in total. The molecule has 0 unspecified atom stereocenters. The van der Waals surface area contributed by atoms with Gasteiger partial charge in [0.2, 0.25) is 0 Å². The molecule has 0 aliphatic carbocycles. The molecule has 3 rings (SSSR count). The zero-order valence-corrected chi connectivity index (χ0v) is 9.89. The van der Waals surface area contributed by atoms with E-state index >= 15 is 0 Å². The number of nitrogens with zero attached hydrogens (tertiary/aromatic N) is 3. The largest absolute Gasteiger partial charge is 0.349 e. The van der Waals surface area contributed by atoms with Crippen molar-refractivity contribution >= 4 is 11.0 Å². The van der Waals surface area contributed by atoms with Crippen molar-refractivity contribution in [3.05, 3.63) is 44.6 Å². The second kappa shape index (κ2) is 3.49. The highest BCUT2D eigenvalue weighted by atomic mass is 16.2. The number of hydrogen-bond acceptors (Lipinski definition) is 4. The first-order chi connectivity index (χ1) is 8.56. The molecule has 2 aliphatic rings. The molecule has 1 aromatic rings. The van der Waals surface area contributed by atoms with Gasteiger partial charge in [-0.3, -0.25) is 9.78 Å². The van der Waals surface area contributed by atoms with Gasteiger partial charge in [-0.25, -0.2) is 9.78 Å². The van der Waals surface area contributed by atoms with Crippen LogP contribution in [-0.2, 0) is 7.05 Å². The van der Waals surface area contributed by atoms with Crippen molar-refractivity contribution < 1.29 is 0 Å². The molecule has 0 aromatic heterocycles. The molecule has 2 aliphatic heterocycles. The predicted octanol–water partition coefficient (Wildman–Crippen LogP) is 0.430. The maximum atomic E-state index is 11.7. The van der Waals surface area contributed by atoms with Crippen LogP contribution in [0.4, 0.5) is 0 Å². The fourth-order valence-corrected chi connectivity index (χ4v) is 2.01. The fraction of sp³-hybridized carbons (Fsp3) is 0.167. The number of aryl methyl sites for hydroxylation is 2. The first-order valence-corrected chi connectivity index (χ1v) is 5.44. The number of rotatable bonds is 0. The van der Waals surface area contributed by atoms with Crippen LogP contribution in [0.3, 0.4) is 0 Å². The average Bonchev–Trinajstić information content (AvgIpc) is 2.31. The van der Waals surface area contributed by atoms with Crippen LogP contribution in [-0.4, -0.2) is 19.5 Å². The van der Waals surface area contributed by atoms with Crippen LogP contribution >= 0.6 is 0 Å². The molecule has 0 saturated heterocycles. The fourth-order valence-electron chi connectivity index (χ4n) is 2.01. The smallest absolute Gasteiger partial charge is 0.325 e. The van der Waals surface area contributed by atoms with Gasteiger partial charge in [-0.05, 0) is 24.6 Å². The van der Waals surface area contributed by atoms with Crippen LogP contribution in [0.5, 0.6) is 0 Å². The van der Waals surface area contributed by atoms with Crippen LogP contribution in [0.25, 0.3) is 22.6 Å². The summed E-state index contributed by atoms with van der Waals surface area (Å²) in [5.74, 6) is 0.292. The minimum absolute atomic E-state index is 0.176. The quantitative estimate of drug-likeness (QED) is 0.580. The topological polar surface area (TPSA) is 80.6 Å². The van der Waals surface area contributed by atoms with Crippen molar-refractivity contribution in [3.63, 3.8) is 0 Å². The van der Waals surface area contributed by atoms with Crippen molar-refractivity contribution in [2.45, 2.75) is 6.92 Å². The zero-order chi connectivity index (χ0) is 12.9. The summed E-state index contributed by atoms with van der Waals surface area (Å²) in [4.78, 5) is 33.1. The van der Waals surface area contributed by atoms with Gasteiger partial charge in [0.1, 0.15) is 0 Å². The second-order valence-corrected chi connectivity index (χ2v) is 4.21. The van der Waals surface area contributed by atoms with E-state index in [2.05, 4.69) is 15.0 Å². The summed E-state index contributed by atoms with van der Waals surface area (Å²) >= 11 is 0. The standard InChI is InChI=1S/C12H10N4O2/c1-6-3-4-8-7(5-6)13-9-10(16(8)2)14-12(18)15-11(9)17/h3-5H,1-2H3,(H,15,17,18). The summed E-state index contributed by atoms with van der Waals surface area (Å²) in [5, 5.41) is 0. The molecule has 0 radical (unpaired) electrons. The number of fused-ring (bicyclic) bond motifs is 2. The lowest BCUT2D eigenvalue weighted by atomic mass is 10.2. The first kappa shape index (κ1) is 10.6. The van der Waals surface area contributed by atoms with Crippen LogP contribution in [0.1, 0.15) is 5.56 Å². The van der Waals surface area contributed by atoms with Gasteiger partial charge in [-0.1, -0.05) is 6.07 Å². The molecule has 2 heterocycles. The van der Waals surface area contributed by atoms with E-state index in [1.54, 1.807) is 11.6 Å². The van der Waals surface area contributed by atoms with Gasteiger partial charge in [-0.2, -0.15) is 4.98 Å². The van der Waals surface area contributed by atoms with Crippen LogP contribution in [0.15, 0.2) is 27.8 Å². The van der Waals surface area contributed by atoms with Crippen molar-refractivity contribution in [1.82, 2.24) is 19.5 Å². The SMILES string of the molecule is Cc1ccc2c(c1)nc1c(=O)[nH]c(=O)nc-1n2C. The van der Waals surface area contributed by atoms with Gasteiger partial charge in [0.15, 0.2) is 11.5 Å². The van der Waals surface area contributed by atoms with Crippen molar-refractivity contribution in [2.24, 2.45) is 7.05 Å². The van der Waals surface area contributed by atoms with Crippen molar-refractivity contribution in [1.29, 1.82) is 0 Å². The van der Waals surface area contributed by atoms with Gasteiger partial charge in [0, 0.05) is 7.05 Å². The Labute approximate surface area is 101 Å². The molecule has 1 aromatic carbocycles. The Balaban J connectivity index is 2.61. The van der Waals surface area contributed by atoms with Gasteiger partial charge < -0.3 is 4.57 Å². The number of hydrogen-bond donors (Lipinski definition) is 1. The van der Waals surface area contributed by atoms with E-state index in [0.29, 0.717) is 11.3 Å². The van der Waals surface area contributed by atoms with Gasteiger partial charge in [0.05, 0.1) is 11.0 Å². The second-order valence-electron chi connectivity index (χ2n) is 4.21. The number of aromatic nitrogens is 4. The summed E-state index contributed by atoms with van der Waals surface area (Å²) in [6, 6.07) is 5.73. The van der Waals surface area contributed by atoms with Crippen LogP contribution < -0.4 is 11.2 Å². The minimum atomic E-state index is -0.656. The maximum absolute atomic E-state index is 11.7. The van der Waals surface area contributed by atoms with Gasteiger partial charge in [0.25, 0.3) is 5.56 Å². The molecule has 0 spiro atoms. The summed E-state index contributed by atoms with van der Waals surface area (Å²) in [6.07, 6.45) is 0. The van der Waals surface area contributed by atoms with E-state index < -0.39 is 11.2 Å². The Kier molecular flexibility index (Phi) is 2.07. The molecule has 90 valence electrons. The molecule has 0 atom stereocenters. The molecular formula is C12H10N4O2. The highest BCUT2D eigenvalue weighted by Gasteiger charge is 2.16. The van der Waals surface area contributed by atoms with E-state index in [9.17, 15) is 9.59 Å². The molecule has 0 bridgehead atoms. The molecule has 6 heteroatoms. The Hall–Kier alpha value is -2.50. The van der Waals surface area contributed by atoms with Gasteiger partial charge in [-0.15, -0.1) is 0 Å². The lowest BCUT2D eigenvalue weighted by molar-refractivity contribution is 0.870. The number of aromatic amines is 1. The third kappa shape index (κ3) is 1.42. The molecule has 0 amide bonds. The third-order valence-corrected chi connectivity index (χ3v) is 2.90. The number of benzene rings is 1. The Morgan fingerprint density at radius 1 is 1.22 bits per heavy atom. The van der Waals surface area contributed by atoms with Gasteiger partial charge >= 0.3 is 5.69 Å². The van der Waals surface area contributed by atoms with Crippen LogP contribution in [0.2, 0.25) is 0 Å². The lowest BCUT2D eigenvalue weighted by Gasteiger charge is -2.12. The molecule has 0 saturated carbocycles. The van der Waals surface area contributed by atoms with Crippen molar-refractivity contribution in [3.8, 4) is 11.5 Å². The summed E-state index contributed by atoms with van der Waals surface area (Å²) in [5.41, 5.74) is 1.59. The Morgan fingerprint density at radius 2 is 2.00 bits per heavy atom. The summed E-state index contributed by atoms with van der Waals surface area (Å²) in [7, 11) is 1.76. The van der Waals surface area contributed by atoms with E-state index in [4.69, 9.17) is 0 Å². The molecule has 0 fully saturated rings. The zero-order valence-electron chi connectivity index (χ0n) is 9.89.